The molecule has 11 atom stereocenters. The molecule has 0 spiro atoms. The van der Waals surface area contributed by atoms with Crippen LogP contribution in [0, 0.1) is 11.8 Å². The van der Waals surface area contributed by atoms with Crippen LogP contribution in [0.25, 0.3) is 10.9 Å². The van der Waals surface area contributed by atoms with Crippen molar-refractivity contribution in [1.82, 2.24) is 62.2 Å². The summed E-state index contributed by atoms with van der Waals surface area (Å²) in [6, 6.07) is -6.95. The summed E-state index contributed by atoms with van der Waals surface area (Å²) < 4.78 is 21.3. The number of aliphatic hydroxyl groups is 3. The summed E-state index contributed by atoms with van der Waals surface area (Å²) in [5, 5.41) is 52.8. The van der Waals surface area contributed by atoms with Gasteiger partial charge in [0.05, 0.1) is 67.5 Å². The predicted octanol–water partition coefficient (Wildman–Crippen LogP) is -3.23. The Balaban J connectivity index is 1.16. The number of carbonyl (C=O) groups is 13. The molecule has 31 nitrogen and oxygen atoms in total. The lowest BCUT2D eigenvalue weighted by atomic mass is 9.93. The molecule has 5 aliphatic heterocycles. The standard InChI is InChI=1S/C62H89N13O18S2/c1-5-33(2)53-59(89)66-27-48(81)67-42-32-95(92)61-38(25-40(56(86)65-28-49(82)70-53)68-60(90)54(34(3)44(78)30-76)71-58(88)43-24-35(77)29-75(43)62(91)41(26-46(63)79)69-57(42)87)37-14-15-45(93-4)39(55(37)72-61)31-94-36-18-22-73(23-19-36)50(83)13-9-6-10-20-64-47(80)12-8-7-11-21-74-51(84)16-17-52(74)85/h14-17,33-36,40-44,53-54,72,76-78H,5-13,18-32H2,1-4H3,(H2,63,79)(H,64,80)(H,65,86)(H,66,89)(H,67,81)(H,68,90)(H,69,87)(H,70,82)(H,71,88)/t33-,34-,35+,40-,41-,42-,43-,44-,53-,54-,95?/m0/s1. The molecule has 1 aromatic heterocycles. The molecule has 522 valence electrons. The van der Waals surface area contributed by atoms with Crippen molar-refractivity contribution in [3.05, 3.63) is 35.4 Å². The van der Waals surface area contributed by atoms with E-state index in [2.05, 4.69) is 47.5 Å². The van der Waals surface area contributed by atoms with E-state index in [1.54, 1.807) is 37.7 Å². The topological polar surface area (TPSA) is 457 Å². The van der Waals surface area contributed by atoms with E-state index in [0.717, 1.165) is 11.3 Å². The third kappa shape index (κ3) is 20.0. The molecule has 2 aromatic rings. The van der Waals surface area contributed by atoms with E-state index in [-0.39, 0.29) is 45.2 Å². The molecule has 0 radical (unpaired) electrons. The maximum Gasteiger partial charge on any atom is 0.253 e. The highest BCUT2D eigenvalue weighted by Crippen LogP contribution is 2.38. The van der Waals surface area contributed by atoms with Crippen LogP contribution in [-0.2, 0) is 85.3 Å². The van der Waals surface area contributed by atoms with Gasteiger partial charge in [0.1, 0.15) is 47.0 Å². The van der Waals surface area contributed by atoms with Crippen LogP contribution in [0.4, 0.5) is 0 Å². The fraction of sp³-hybridized carbons (Fsp3) is 0.629. The van der Waals surface area contributed by atoms with Crippen molar-refractivity contribution in [2.45, 2.75) is 175 Å². The largest absolute Gasteiger partial charge is 0.496 e. The number of rotatable bonds is 23. The fourth-order valence-corrected chi connectivity index (χ4v) is 14.7. The van der Waals surface area contributed by atoms with Crippen molar-refractivity contribution < 1.29 is 86.6 Å². The number of hydrogen-bond acceptors (Lipinski definition) is 19. The van der Waals surface area contributed by atoms with Crippen molar-refractivity contribution in [2.24, 2.45) is 17.6 Å². The number of aromatic nitrogens is 1. The van der Waals surface area contributed by atoms with Gasteiger partial charge in [-0.15, -0.1) is 0 Å². The summed E-state index contributed by atoms with van der Waals surface area (Å²) >= 11 is 1.57. The van der Waals surface area contributed by atoms with Crippen molar-refractivity contribution in [3.8, 4) is 5.75 Å². The first-order valence-corrected chi connectivity index (χ1v) is 34.6. The van der Waals surface area contributed by atoms with Gasteiger partial charge in [-0.2, -0.15) is 11.8 Å². The van der Waals surface area contributed by atoms with Gasteiger partial charge in [-0.05, 0) is 62.1 Å². The molecule has 13 amide bonds. The number of primary amides is 1. The molecular weight excluding hydrogens is 1280 g/mol. The number of benzene rings is 1. The number of amides is 13. The second-order valence-corrected chi connectivity index (χ2v) is 27.3. The molecule has 14 N–H and O–H groups in total. The molecule has 1 aromatic carbocycles. The van der Waals surface area contributed by atoms with Gasteiger partial charge in [-0.1, -0.05) is 40.0 Å². The second-order valence-electron chi connectivity index (χ2n) is 24.6. The van der Waals surface area contributed by atoms with Gasteiger partial charge < -0.3 is 83.1 Å². The van der Waals surface area contributed by atoms with Crippen LogP contribution >= 0.6 is 11.8 Å². The fourth-order valence-electron chi connectivity index (χ4n) is 12.1. The van der Waals surface area contributed by atoms with Gasteiger partial charge in [-0.25, -0.2) is 0 Å². The molecular formula is C62H89N13O18S2. The van der Waals surface area contributed by atoms with E-state index < -0.39 is 176 Å². The molecule has 0 aliphatic carbocycles. The number of aliphatic hydroxyl groups excluding tert-OH is 3. The number of ether oxygens (including phenoxy) is 1. The second kappa shape index (κ2) is 35.1. The smallest absolute Gasteiger partial charge is 0.253 e. The highest BCUT2D eigenvalue weighted by molar-refractivity contribution is 7.99. The van der Waals surface area contributed by atoms with E-state index in [1.807, 2.05) is 4.90 Å². The normalized spacial score (nSPS) is 24.9. The number of nitrogens with zero attached hydrogens (tertiary/aromatic N) is 3. The van der Waals surface area contributed by atoms with E-state index in [1.165, 1.54) is 31.1 Å². The summed E-state index contributed by atoms with van der Waals surface area (Å²) in [6.07, 6.45) is 3.80. The van der Waals surface area contributed by atoms with E-state index in [0.29, 0.717) is 113 Å². The number of methoxy groups -OCH3 is 1. The van der Waals surface area contributed by atoms with Crippen LogP contribution in [0.3, 0.4) is 0 Å². The van der Waals surface area contributed by atoms with E-state index in [9.17, 15) is 77.6 Å². The van der Waals surface area contributed by atoms with Crippen LogP contribution in [0.1, 0.15) is 115 Å². The first kappa shape index (κ1) is 74.4. The first-order chi connectivity index (χ1) is 45.3. The monoisotopic (exact) mass is 1370 g/mol. The molecule has 5 aliphatic rings. The molecule has 2 saturated heterocycles. The number of thioether (sulfide) groups is 1. The van der Waals surface area contributed by atoms with Crippen LogP contribution in [0.5, 0.6) is 5.75 Å². The van der Waals surface area contributed by atoms with Crippen molar-refractivity contribution in [2.75, 3.05) is 65.3 Å². The molecule has 95 heavy (non-hydrogen) atoms. The Hall–Kier alpha value is -8.01. The maximum atomic E-state index is 15.4. The quantitative estimate of drug-likeness (QED) is 0.0384. The number of piperidine rings is 1. The Labute approximate surface area is 555 Å². The number of H-pyrrole nitrogens is 1. The Morgan fingerprint density at radius 3 is 2.15 bits per heavy atom. The van der Waals surface area contributed by atoms with Crippen molar-refractivity contribution in [3.63, 3.8) is 0 Å². The van der Waals surface area contributed by atoms with E-state index in [4.69, 9.17) is 10.5 Å². The minimum Gasteiger partial charge on any atom is -0.496 e. The minimum absolute atomic E-state index is 0.0132. The lowest BCUT2D eigenvalue weighted by molar-refractivity contribution is -0.144. The van der Waals surface area contributed by atoms with Gasteiger partial charge in [0.15, 0.2) is 0 Å². The number of fused-ring (bicyclic) bond motifs is 5. The Morgan fingerprint density at radius 2 is 1.47 bits per heavy atom. The number of hydrogen-bond donors (Lipinski definition) is 13. The number of nitrogens with one attached hydrogen (secondary N) is 9. The van der Waals surface area contributed by atoms with Crippen molar-refractivity contribution in [1.29, 1.82) is 0 Å². The number of aromatic amines is 1. The highest BCUT2D eigenvalue weighted by Gasteiger charge is 2.45. The average molecular weight is 1370 g/mol. The zero-order valence-corrected chi connectivity index (χ0v) is 55.5. The Kier molecular flexibility index (Phi) is 27.5. The van der Waals surface area contributed by atoms with Gasteiger partial charge in [0, 0.05) is 98.4 Å². The summed E-state index contributed by atoms with van der Waals surface area (Å²) in [5.74, 6) is -12.1. The molecule has 2 fully saturated rings. The van der Waals surface area contributed by atoms with Crippen molar-refractivity contribution >= 4 is 110 Å². The number of carbonyl (C=O) groups excluding carboxylic acids is 13. The number of unbranched alkanes of at least 4 members (excludes halogenated alkanes) is 4. The van der Waals surface area contributed by atoms with Crippen LogP contribution in [0.2, 0.25) is 0 Å². The molecule has 33 heteroatoms. The van der Waals surface area contributed by atoms with Gasteiger partial charge in [0.2, 0.25) is 65.0 Å². The van der Waals surface area contributed by atoms with E-state index >= 15 is 4.21 Å². The lowest BCUT2D eigenvalue weighted by Gasteiger charge is -2.32. The number of nitrogens with two attached hydrogens (primary N) is 1. The predicted molar refractivity (Wildman–Crippen MR) is 344 cm³/mol. The van der Waals surface area contributed by atoms with Gasteiger partial charge >= 0.3 is 0 Å². The van der Waals surface area contributed by atoms with Gasteiger partial charge in [0.25, 0.3) is 11.8 Å². The first-order valence-electron chi connectivity index (χ1n) is 32.2. The zero-order chi connectivity index (χ0) is 69.2. The minimum atomic E-state index is -2.46. The van der Waals surface area contributed by atoms with Crippen LogP contribution in [0.15, 0.2) is 29.3 Å². The zero-order valence-electron chi connectivity index (χ0n) is 53.8. The summed E-state index contributed by atoms with van der Waals surface area (Å²) in [6.45, 7) is 3.44. The molecule has 0 saturated carbocycles. The highest BCUT2D eigenvalue weighted by atomic mass is 32.2. The van der Waals surface area contributed by atoms with Crippen LogP contribution in [-0.4, -0.2) is 235 Å². The Bertz CT molecular complexity index is 3250. The number of likely N-dealkylation sites (tertiary alicyclic amines) is 1. The summed E-state index contributed by atoms with van der Waals surface area (Å²) in [5.41, 5.74) is 6.62. The third-order valence-corrected chi connectivity index (χ3v) is 20.7. The summed E-state index contributed by atoms with van der Waals surface area (Å²) in [7, 11) is -1.01. The Morgan fingerprint density at radius 1 is 0.800 bits per heavy atom. The maximum absolute atomic E-state index is 15.4. The molecule has 2 bridgehead atoms. The molecule has 7 rings (SSSR count). The lowest BCUT2D eigenvalue weighted by Crippen LogP contribution is -2.62. The summed E-state index contributed by atoms with van der Waals surface area (Å²) in [4.78, 5) is 184. The van der Waals surface area contributed by atoms with Crippen LogP contribution < -0.4 is 53.0 Å². The molecule has 6 heterocycles. The third-order valence-electron chi connectivity index (χ3n) is 17.8. The number of imide groups is 1. The SMILES string of the molecule is CC[C@H](C)[C@@H]1NC(=O)CNC(=O)[C@@H]2Cc3c([nH]c4c(CSC5CCN(C(=O)CCCCCNC(=O)CCCCCN6C(=O)C=CC6=O)CC5)c(OC)ccc34)S(=O)C[C@H](NC(=O)CNC1=O)C(=O)N[C@@H](CC(N)=O)C(=O)N1C[C@H](O)C[C@H]1C(=O)N[C@@H]([C@@H](C)[C@@H](O)CO)C(=O)N2. The molecule has 1 unspecified atom stereocenters. The average Bonchev–Trinajstić information content (AvgIpc) is 1.63. The van der Waals surface area contributed by atoms with Gasteiger partial charge in [-0.3, -0.25) is 71.4 Å².